The first-order valence-corrected chi connectivity index (χ1v) is 11.2. The fourth-order valence-electron chi connectivity index (χ4n) is 3.83. The van der Waals surface area contributed by atoms with Gasteiger partial charge in [-0.3, -0.25) is 14.8 Å². The fourth-order valence-corrected chi connectivity index (χ4v) is 3.83. The number of aliphatic hydroxyl groups is 1. The smallest absolute Gasteiger partial charge is 0.161 e. The predicted molar refractivity (Wildman–Crippen MR) is 131 cm³/mol. The van der Waals surface area contributed by atoms with Gasteiger partial charge in [0.05, 0.1) is 7.11 Å². The molecule has 0 radical (unpaired) electrons. The molecule has 1 N–H and O–H groups in total. The maximum atomic E-state index is 10.5. The monoisotopic (exact) mass is 449 g/mol. The number of methoxy groups -OCH3 is 1. The normalized spacial score (nSPS) is 12.2. The number of likely N-dealkylation sites (N-methyl/N-ethyl adjacent to an activating group) is 1. The third-order valence-corrected chi connectivity index (χ3v) is 5.51. The Morgan fingerprint density at radius 1 is 0.909 bits per heavy atom. The van der Waals surface area contributed by atoms with Crippen LogP contribution in [0.3, 0.4) is 0 Å². The number of aromatic nitrogens is 1. The first-order chi connectivity index (χ1) is 15.9. The molecule has 6 nitrogen and oxygen atoms in total. The van der Waals surface area contributed by atoms with Gasteiger partial charge >= 0.3 is 0 Å². The minimum Gasteiger partial charge on any atom is -0.493 e. The van der Waals surface area contributed by atoms with Crippen LogP contribution in [0.5, 0.6) is 11.5 Å². The topological polar surface area (TPSA) is 58.1 Å². The number of ether oxygens (including phenoxy) is 2. The van der Waals surface area contributed by atoms with E-state index in [-0.39, 0.29) is 6.61 Å². The number of pyridine rings is 1. The maximum Gasteiger partial charge on any atom is 0.161 e. The van der Waals surface area contributed by atoms with Gasteiger partial charge in [0.1, 0.15) is 12.7 Å². The highest BCUT2D eigenvalue weighted by Gasteiger charge is 2.13. The third-order valence-electron chi connectivity index (χ3n) is 5.51. The Kier molecular flexibility index (Phi) is 9.24. The quantitative estimate of drug-likeness (QED) is 0.453. The van der Waals surface area contributed by atoms with Crippen molar-refractivity contribution in [3.63, 3.8) is 0 Å². The molecule has 0 aliphatic heterocycles. The summed E-state index contributed by atoms with van der Waals surface area (Å²) in [6.07, 6.45) is 3.12. The van der Waals surface area contributed by atoms with Gasteiger partial charge < -0.3 is 14.6 Å². The zero-order valence-corrected chi connectivity index (χ0v) is 20.1. The summed E-state index contributed by atoms with van der Waals surface area (Å²) >= 11 is 0. The second kappa shape index (κ2) is 12.3. The van der Waals surface area contributed by atoms with E-state index in [1.165, 1.54) is 16.7 Å². The molecule has 0 saturated heterocycles. The highest BCUT2D eigenvalue weighted by molar-refractivity contribution is 5.43. The Hall–Kier alpha value is -2.93. The summed E-state index contributed by atoms with van der Waals surface area (Å²) in [4.78, 5) is 8.51. The Balaban J connectivity index is 1.54. The van der Waals surface area contributed by atoms with E-state index in [2.05, 4.69) is 47.0 Å². The van der Waals surface area contributed by atoms with Gasteiger partial charge in [-0.15, -0.1) is 0 Å². The second-order valence-corrected chi connectivity index (χ2v) is 8.61. The van der Waals surface area contributed by atoms with Crippen molar-refractivity contribution >= 4 is 0 Å². The van der Waals surface area contributed by atoms with E-state index in [0.717, 1.165) is 25.2 Å². The van der Waals surface area contributed by atoms with Gasteiger partial charge in [0.25, 0.3) is 0 Å². The Bertz CT molecular complexity index is 997. The minimum atomic E-state index is -0.607. The lowest BCUT2D eigenvalue weighted by Crippen LogP contribution is -2.32. The van der Waals surface area contributed by atoms with Crippen LogP contribution in [-0.2, 0) is 19.6 Å². The van der Waals surface area contributed by atoms with Crippen molar-refractivity contribution in [3.8, 4) is 11.5 Å². The molecule has 3 rings (SSSR count). The summed E-state index contributed by atoms with van der Waals surface area (Å²) in [6.45, 7) is 5.18. The molecule has 1 aromatic heterocycles. The van der Waals surface area contributed by atoms with Crippen LogP contribution in [0.1, 0.15) is 22.3 Å². The summed E-state index contributed by atoms with van der Waals surface area (Å²) < 4.78 is 11.4. The molecule has 1 atom stereocenters. The zero-order chi connectivity index (χ0) is 23.6. The molecule has 33 heavy (non-hydrogen) atoms. The van der Waals surface area contributed by atoms with Crippen molar-refractivity contribution in [1.29, 1.82) is 0 Å². The largest absolute Gasteiger partial charge is 0.493 e. The van der Waals surface area contributed by atoms with Crippen LogP contribution >= 0.6 is 0 Å². The summed E-state index contributed by atoms with van der Waals surface area (Å²) in [5, 5.41) is 10.5. The first-order valence-electron chi connectivity index (χ1n) is 11.2. The molecule has 0 bridgehead atoms. The minimum absolute atomic E-state index is 0.199. The molecule has 0 aliphatic rings. The molecule has 2 aromatic carbocycles. The van der Waals surface area contributed by atoms with Crippen LogP contribution < -0.4 is 9.47 Å². The lowest BCUT2D eigenvalue weighted by atomic mass is 10.1. The molecule has 0 spiro atoms. The van der Waals surface area contributed by atoms with Gasteiger partial charge in [-0.1, -0.05) is 36.4 Å². The van der Waals surface area contributed by atoms with Crippen molar-refractivity contribution in [2.75, 3.05) is 34.4 Å². The molecule has 0 amide bonds. The molecule has 0 fully saturated rings. The van der Waals surface area contributed by atoms with E-state index >= 15 is 0 Å². The van der Waals surface area contributed by atoms with Crippen molar-refractivity contribution in [1.82, 2.24) is 14.8 Å². The Morgan fingerprint density at radius 2 is 1.67 bits per heavy atom. The lowest BCUT2D eigenvalue weighted by molar-refractivity contribution is 0.0732. The SMILES string of the molecule is COc1ccc(CN(C)Cc2ccncc2C)cc1OCC(O)CN(C)Cc1ccccc1. The predicted octanol–water partition coefficient (Wildman–Crippen LogP) is 3.90. The molecular formula is C27H35N3O3. The van der Waals surface area contributed by atoms with E-state index < -0.39 is 6.10 Å². The van der Waals surface area contributed by atoms with E-state index in [0.29, 0.717) is 18.0 Å². The average molecular weight is 450 g/mol. The van der Waals surface area contributed by atoms with Crippen molar-refractivity contribution < 1.29 is 14.6 Å². The Labute approximate surface area is 197 Å². The zero-order valence-electron chi connectivity index (χ0n) is 20.1. The third kappa shape index (κ3) is 7.86. The van der Waals surface area contributed by atoms with Crippen molar-refractivity contribution in [2.45, 2.75) is 32.7 Å². The number of rotatable bonds is 12. The molecule has 176 valence electrons. The summed E-state index contributed by atoms with van der Waals surface area (Å²) in [6, 6.07) is 18.3. The van der Waals surface area contributed by atoms with E-state index in [1.807, 2.05) is 55.8 Å². The van der Waals surface area contributed by atoms with Gasteiger partial charge in [0, 0.05) is 38.6 Å². The van der Waals surface area contributed by atoms with Crippen LogP contribution in [0.15, 0.2) is 67.0 Å². The van der Waals surface area contributed by atoms with E-state index in [4.69, 9.17) is 9.47 Å². The number of hydrogen-bond acceptors (Lipinski definition) is 6. The molecule has 1 unspecified atom stereocenters. The number of aryl methyl sites for hydroxylation is 1. The average Bonchev–Trinajstić information content (AvgIpc) is 2.80. The summed E-state index contributed by atoms with van der Waals surface area (Å²) in [7, 11) is 5.72. The van der Waals surface area contributed by atoms with E-state index in [1.54, 1.807) is 7.11 Å². The summed E-state index contributed by atoms with van der Waals surface area (Å²) in [5.41, 5.74) is 4.79. The standard InChI is InChI=1S/C27H35N3O3/c1-21-15-28-13-12-24(21)18-29(2)17-23-10-11-26(32-4)27(14-23)33-20-25(31)19-30(3)16-22-8-6-5-7-9-22/h5-15,25,31H,16-20H2,1-4H3. The second-order valence-electron chi connectivity index (χ2n) is 8.61. The van der Waals surface area contributed by atoms with E-state index in [9.17, 15) is 5.11 Å². The van der Waals surface area contributed by atoms with Gasteiger partial charge in [-0.05, 0) is 61.5 Å². The molecule has 0 aliphatic carbocycles. The highest BCUT2D eigenvalue weighted by atomic mass is 16.5. The Morgan fingerprint density at radius 3 is 2.39 bits per heavy atom. The molecule has 6 heteroatoms. The fraction of sp³-hybridized carbons (Fsp3) is 0.370. The maximum absolute atomic E-state index is 10.5. The van der Waals surface area contributed by atoms with Gasteiger partial charge in [0.15, 0.2) is 11.5 Å². The molecular weight excluding hydrogens is 414 g/mol. The number of aliphatic hydroxyl groups excluding tert-OH is 1. The number of benzene rings is 2. The number of nitrogens with zero attached hydrogens (tertiary/aromatic N) is 3. The van der Waals surface area contributed by atoms with Gasteiger partial charge in [-0.25, -0.2) is 0 Å². The molecule has 1 heterocycles. The van der Waals surface area contributed by atoms with Gasteiger partial charge in [0.2, 0.25) is 0 Å². The van der Waals surface area contributed by atoms with Crippen LogP contribution in [0.2, 0.25) is 0 Å². The van der Waals surface area contributed by atoms with Crippen LogP contribution in [0.25, 0.3) is 0 Å². The van der Waals surface area contributed by atoms with Crippen LogP contribution in [0.4, 0.5) is 0 Å². The number of hydrogen-bond donors (Lipinski definition) is 1. The van der Waals surface area contributed by atoms with Crippen LogP contribution in [-0.4, -0.2) is 60.4 Å². The summed E-state index contributed by atoms with van der Waals surface area (Å²) in [5.74, 6) is 1.31. The lowest BCUT2D eigenvalue weighted by Gasteiger charge is -2.22. The first kappa shape index (κ1) is 24.7. The van der Waals surface area contributed by atoms with Crippen LogP contribution in [0, 0.1) is 6.92 Å². The molecule has 3 aromatic rings. The molecule has 0 saturated carbocycles. The van der Waals surface area contributed by atoms with Crippen molar-refractivity contribution in [3.05, 3.63) is 89.2 Å². The van der Waals surface area contributed by atoms with Gasteiger partial charge in [-0.2, -0.15) is 0 Å². The van der Waals surface area contributed by atoms with Crippen molar-refractivity contribution in [2.24, 2.45) is 0 Å². The highest BCUT2D eigenvalue weighted by Crippen LogP contribution is 2.29.